The lowest BCUT2D eigenvalue weighted by Crippen LogP contribution is -2.48. The summed E-state index contributed by atoms with van der Waals surface area (Å²) >= 11 is 0. The molecular weight excluding hydrogens is 333 g/mol. The zero-order chi connectivity index (χ0) is 18.1. The largest absolute Gasteiger partial charge is 0.360 e. The molecule has 0 spiro atoms. The number of H-pyrrole nitrogens is 1. The molecule has 0 aliphatic carbocycles. The van der Waals surface area contributed by atoms with Crippen molar-refractivity contribution in [3.8, 4) is 11.1 Å². The number of nitrogens with zero attached hydrogens (tertiary/aromatic N) is 4. The van der Waals surface area contributed by atoms with Crippen LogP contribution < -0.4 is 0 Å². The molecule has 1 saturated heterocycles. The Bertz CT molecular complexity index is 923. The van der Waals surface area contributed by atoms with E-state index in [0.29, 0.717) is 0 Å². The quantitative estimate of drug-likeness (QED) is 0.782. The van der Waals surface area contributed by atoms with Gasteiger partial charge < -0.3 is 9.88 Å². The molecule has 1 N–H and O–H groups in total. The van der Waals surface area contributed by atoms with E-state index in [1.807, 2.05) is 28.2 Å². The summed E-state index contributed by atoms with van der Waals surface area (Å²) in [5, 5.41) is 5.45. The summed E-state index contributed by atoms with van der Waals surface area (Å²) in [6.07, 6.45) is 5.77. The first-order valence-electron chi connectivity index (χ1n) is 8.87. The SMILES string of the molecule is CC(=O)N1CCN(CCn2cc(-c3c[nH]c4cc(F)ccc34)cn2)CC1. The first kappa shape index (κ1) is 16.8. The molecule has 1 aromatic carbocycles. The molecule has 4 rings (SSSR count). The molecule has 0 bridgehead atoms. The summed E-state index contributed by atoms with van der Waals surface area (Å²) in [7, 11) is 0. The average Bonchev–Trinajstić information content (AvgIpc) is 3.26. The predicted molar refractivity (Wildman–Crippen MR) is 98.2 cm³/mol. The molecule has 26 heavy (non-hydrogen) atoms. The summed E-state index contributed by atoms with van der Waals surface area (Å²) < 4.78 is 15.3. The van der Waals surface area contributed by atoms with Gasteiger partial charge in [-0.15, -0.1) is 0 Å². The van der Waals surface area contributed by atoms with Crippen LogP contribution in [0.3, 0.4) is 0 Å². The molecule has 0 atom stereocenters. The van der Waals surface area contributed by atoms with E-state index in [-0.39, 0.29) is 11.7 Å². The minimum Gasteiger partial charge on any atom is -0.360 e. The van der Waals surface area contributed by atoms with Crippen LogP contribution in [0, 0.1) is 5.82 Å². The number of hydrogen-bond acceptors (Lipinski definition) is 3. The normalized spacial score (nSPS) is 15.7. The molecule has 0 unspecified atom stereocenters. The Kier molecular flexibility index (Phi) is 4.46. The Balaban J connectivity index is 1.40. The fourth-order valence-corrected chi connectivity index (χ4v) is 3.49. The molecule has 1 aliphatic rings. The molecule has 136 valence electrons. The summed E-state index contributed by atoms with van der Waals surface area (Å²) in [4.78, 5) is 18.7. The highest BCUT2D eigenvalue weighted by Gasteiger charge is 2.18. The van der Waals surface area contributed by atoms with Crippen molar-refractivity contribution >= 4 is 16.8 Å². The van der Waals surface area contributed by atoms with Gasteiger partial charge in [-0.1, -0.05) is 0 Å². The number of carbonyl (C=O) groups excluding carboxylic acids is 1. The van der Waals surface area contributed by atoms with E-state index in [9.17, 15) is 9.18 Å². The second-order valence-corrected chi connectivity index (χ2v) is 6.73. The van der Waals surface area contributed by atoms with Crippen molar-refractivity contribution in [1.82, 2.24) is 24.6 Å². The maximum absolute atomic E-state index is 13.3. The minimum atomic E-state index is -0.244. The monoisotopic (exact) mass is 355 g/mol. The number of amides is 1. The van der Waals surface area contributed by atoms with Gasteiger partial charge in [-0.3, -0.25) is 14.4 Å². The van der Waals surface area contributed by atoms with Crippen LogP contribution in [0.1, 0.15) is 6.92 Å². The van der Waals surface area contributed by atoms with Crippen LogP contribution in [0.15, 0.2) is 36.8 Å². The Hall–Kier alpha value is -2.67. The Morgan fingerprint density at radius 1 is 1.23 bits per heavy atom. The molecule has 3 aromatic rings. The molecule has 1 fully saturated rings. The number of carbonyl (C=O) groups is 1. The number of hydrogen-bond donors (Lipinski definition) is 1. The van der Waals surface area contributed by atoms with Crippen LogP contribution in [-0.2, 0) is 11.3 Å². The number of benzene rings is 1. The van der Waals surface area contributed by atoms with Crippen molar-refractivity contribution in [2.45, 2.75) is 13.5 Å². The van der Waals surface area contributed by atoms with Crippen molar-refractivity contribution < 1.29 is 9.18 Å². The highest BCUT2D eigenvalue weighted by Crippen LogP contribution is 2.28. The van der Waals surface area contributed by atoms with Crippen molar-refractivity contribution in [3.05, 3.63) is 42.6 Å². The molecule has 6 nitrogen and oxygen atoms in total. The van der Waals surface area contributed by atoms with Crippen LogP contribution >= 0.6 is 0 Å². The molecule has 0 radical (unpaired) electrons. The highest BCUT2D eigenvalue weighted by molar-refractivity contribution is 5.95. The predicted octanol–water partition coefficient (Wildman–Crippen LogP) is 2.33. The molecule has 1 aliphatic heterocycles. The van der Waals surface area contributed by atoms with E-state index in [1.165, 1.54) is 12.1 Å². The maximum Gasteiger partial charge on any atom is 0.219 e. The Morgan fingerprint density at radius 2 is 2.04 bits per heavy atom. The number of halogens is 1. The third-order valence-corrected chi connectivity index (χ3v) is 5.05. The Labute approximate surface area is 151 Å². The van der Waals surface area contributed by atoms with Crippen LogP contribution in [0.4, 0.5) is 4.39 Å². The van der Waals surface area contributed by atoms with Crippen molar-refractivity contribution in [1.29, 1.82) is 0 Å². The van der Waals surface area contributed by atoms with Crippen molar-refractivity contribution in [2.75, 3.05) is 32.7 Å². The van der Waals surface area contributed by atoms with E-state index in [2.05, 4.69) is 15.0 Å². The summed E-state index contributed by atoms with van der Waals surface area (Å²) in [5.74, 6) is -0.0913. The van der Waals surface area contributed by atoms with Gasteiger partial charge in [0.1, 0.15) is 5.82 Å². The molecule has 1 amide bonds. The molecular formula is C19H22FN5O. The second kappa shape index (κ2) is 6.92. The third-order valence-electron chi connectivity index (χ3n) is 5.05. The average molecular weight is 355 g/mol. The number of fused-ring (bicyclic) bond motifs is 1. The van der Waals surface area contributed by atoms with Crippen LogP contribution in [0.2, 0.25) is 0 Å². The van der Waals surface area contributed by atoms with Crippen LogP contribution in [-0.4, -0.2) is 63.2 Å². The standard InChI is InChI=1S/C19H22FN5O/c1-14(26)24-7-4-23(5-8-24)6-9-25-13-15(11-22-25)18-12-21-19-10-16(20)2-3-17(18)19/h2-3,10-13,21H,4-9H2,1H3. The van der Waals surface area contributed by atoms with E-state index in [0.717, 1.165) is 61.3 Å². The maximum atomic E-state index is 13.3. The number of aromatic amines is 1. The van der Waals surface area contributed by atoms with Crippen LogP contribution in [0.25, 0.3) is 22.0 Å². The van der Waals surface area contributed by atoms with E-state index >= 15 is 0 Å². The minimum absolute atomic E-state index is 0.153. The van der Waals surface area contributed by atoms with Gasteiger partial charge in [0.15, 0.2) is 0 Å². The molecule has 2 aromatic heterocycles. The number of aromatic nitrogens is 3. The topological polar surface area (TPSA) is 57.2 Å². The van der Waals surface area contributed by atoms with Gasteiger partial charge in [-0.2, -0.15) is 5.10 Å². The van der Waals surface area contributed by atoms with Gasteiger partial charge in [0.05, 0.1) is 12.7 Å². The smallest absolute Gasteiger partial charge is 0.219 e. The zero-order valence-electron chi connectivity index (χ0n) is 14.8. The fraction of sp³-hybridized carbons (Fsp3) is 0.368. The second-order valence-electron chi connectivity index (χ2n) is 6.73. The van der Waals surface area contributed by atoms with E-state index < -0.39 is 0 Å². The molecule has 0 saturated carbocycles. The van der Waals surface area contributed by atoms with Gasteiger partial charge in [-0.25, -0.2) is 4.39 Å². The van der Waals surface area contributed by atoms with Gasteiger partial charge in [-0.05, 0) is 18.2 Å². The van der Waals surface area contributed by atoms with E-state index in [4.69, 9.17) is 0 Å². The van der Waals surface area contributed by atoms with Gasteiger partial charge >= 0.3 is 0 Å². The lowest BCUT2D eigenvalue weighted by Gasteiger charge is -2.34. The first-order valence-corrected chi connectivity index (χ1v) is 8.87. The van der Waals surface area contributed by atoms with Gasteiger partial charge in [0.2, 0.25) is 5.91 Å². The Morgan fingerprint density at radius 3 is 2.81 bits per heavy atom. The van der Waals surface area contributed by atoms with Gasteiger partial charge in [0, 0.05) is 74.1 Å². The fourth-order valence-electron chi connectivity index (χ4n) is 3.49. The van der Waals surface area contributed by atoms with Gasteiger partial charge in [0.25, 0.3) is 0 Å². The van der Waals surface area contributed by atoms with Crippen molar-refractivity contribution in [2.24, 2.45) is 0 Å². The summed E-state index contributed by atoms with van der Waals surface area (Å²) in [6.45, 7) is 6.74. The van der Waals surface area contributed by atoms with Crippen LogP contribution in [0.5, 0.6) is 0 Å². The summed E-state index contributed by atoms with van der Waals surface area (Å²) in [6, 6.07) is 4.77. The molecule has 3 heterocycles. The van der Waals surface area contributed by atoms with E-state index in [1.54, 1.807) is 13.0 Å². The zero-order valence-corrected chi connectivity index (χ0v) is 14.8. The summed E-state index contributed by atoms with van der Waals surface area (Å²) in [5.41, 5.74) is 2.83. The number of piperazine rings is 1. The number of nitrogens with one attached hydrogen (secondary N) is 1. The lowest BCUT2D eigenvalue weighted by atomic mass is 10.1. The number of rotatable bonds is 4. The lowest BCUT2D eigenvalue weighted by molar-refractivity contribution is -0.130. The molecule has 7 heteroatoms. The highest BCUT2D eigenvalue weighted by atomic mass is 19.1. The third kappa shape index (κ3) is 3.35. The van der Waals surface area contributed by atoms with Crippen molar-refractivity contribution in [3.63, 3.8) is 0 Å². The first-order chi connectivity index (χ1) is 12.6.